The molecule has 0 aromatic carbocycles. The first-order valence-electron chi connectivity index (χ1n) is 7.88. The zero-order valence-corrected chi connectivity index (χ0v) is 12.8. The molecule has 0 saturated carbocycles. The minimum absolute atomic E-state index is 0.0256. The molecule has 0 bridgehead atoms. The summed E-state index contributed by atoms with van der Waals surface area (Å²) in [6.07, 6.45) is 2.25. The third-order valence-electron chi connectivity index (χ3n) is 4.51. The quantitative estimate of drug-likeness (QED) is 0.842. The van der Waals surface area contributed by atoms with Crippen molar-refractivity contribution in [2.24, 2.45) is 5.92 Å². The molecule has 1 aromatic rings. The number of alkyl halides is 2. The second-order valence-corrected chi connectivity index (χ2v) is 6.07. The van der Waals surface area contributed by atoms with Gasteiger partial charge in [0, 0.05) is 12.1 Å². The van der Waals surface area contributed by atoms with Crippen molar-refractivity contribution in [2.75, 3.05) is 32.8 Å². The van der Waals surface area contributed by atoms with Crippen LogP contribution >= 0.6 is 0 Å². The number of rotatable bonds is 5. The number of aromatic nitrogens is 3. The van der Waals surface area contributed by atoms with Crippen molar-refractivity contribution in [1.82, 2.24) is 25.2 Å². The highest BCUT2D eigenvalue weighted by molar-refractivity contribution is 5.79. The van der Waals surface area contributed by atoms with Crippen molar-refractivity contribution >= 4 is 5.91 Å². The Morgan fingerprint density at radius 1 is 1.35 bits per heavy atom. The highest BCUT2D eigenvalue weighted by Crippen LogP contribution is 2.22. The molecule has 1 aromatic heterocycles. The van der Waals surface area contributed by atoms with Crippen molar-refractivity contribution in [3.63, 3.8) is 0 Å². The van der Waals surface area contributed by atoms with Crippen LogP contribution in [0.15, 0.2) is 12.4 Å². The first kappa shape index (κ1) is 16.3. The van der Waals surface area contributed by atoms with Gasteiger partial charge >= 0.3 is 0 Å². The normalized spacial score (nSPS) is 26.7. The van der Waals surface area contributed by atoms with Gasteiger partial charge in [-0.05, 0) is 25.9 Å². The molecule has 2 fully saturated rings. The van der Waals surface area contributed by atoms with Crippen LogP contribution in [0, 0.1) is 5.92 Å². The smallest absolute Gasteiger partial charge is 0.251 e. The monoisotopic (exact) mass is 329 g/mol. The summed E-state index contributed by atoms with van der Waals surface area (Å²) in [5.74, 6) is -0.150. The van der Waals surface area contributed by atoms with Gasteiger partial charge in [0.25, 0.3) is 6.43 Å². The number of halogens is 2. The van der Waals surface area contributed by atoms with Gasteiger partial charge in [-0.2, -0.15) is 0 Å². The van der Waals surface area contributed by atoms with Gasteiger partial charge in [0.15, 0.2) is 0 Å². The lowest BCUT2D eigenvalue weighted by atomic mass is 9.95. The number of hydrogen-bond donors (Lipinski definition) is 1. The maximum absolute atomic E-state index is 12.4. The SMILES string of the molecule is O=C(N[C@H]1COC[C@H]1n1ccnn1)C1CCN(CC(F)F)CC1. The molecular formula is C14H21F2N5O2. The van der Waals surface area contributed by atoms with Gasteiger partial charge in [-0.15, -0.1) is 5.10 Å². The third kappa shape index (κ3) is 4.03. The van der Waals surface area contributed by atoms with E-state index >= 15 is 0 Å². The van der Waals surface area contributed by atoms with E-state index in [2.05, 4.69) is 15.6 Å². The number of carbonyl (C=O) groups excluding carboxylic acids is 1. The van der Waals surface area contributed by atoms with Crippen LogP contribution < -0.4 is 5.32 Å². The van der Waals surface area contributed by atoms with Crippen LogP contribution in [0.5, 0.6) is 0 Å². The lowest BCUT2D eigenvalue weighted by Gasteiger charge is -2.31. The van der Waals surface area contributed by atoms with E-state index < -0.39 is 6.43 Å². The first-order chi connectivity index (χ1) is 11.1. The summed E-state index contributed by atoms with van der Waals surface area (Å²) in [7, 11) is 0. The minimum Gasteiger partial charge on any atom is -0.377 e. The average molecular weight is 329 g/mol. The zero-order valence-electron chi connectivity index (χ0n) is 12.8. The van der Waals surface area contributed by atoms with Gasteiger partial charge in [-0.25, -0.2) is 13.5 Å². The average Bonchev–Trinajstić information content (AvgIpc) is 3.18. The van der Waals surface area contributed by atoms with Crippen LogP contribution in [-0.2, 0) is 9.53 Å². The summed E-state index contributed by atoms with van der Waals surface area (Å²) >= 11 is 0. The highest BCUT2D eigenvalue weighted by Gasteiger charge is 2.34. The molecule has 2 atom stereocenters. The zero-order chi connectivity index (χ0) is 16.2. The summed E-state index contributed by atoms with van der Waals surface area (Å²) in [4.78, 5) is 14.1. The molecule has 3 heterocycles. The molecule has 0 unspecified atom stereocenters. The van der Waals surface area contributed by atoms with Crippen molar-refractivity contribution in [2.45, 2.75) is 31.4 Å². The van der Waals surface area contributed by atoms with Crippen LogP contribution in [0.4, 0.5) is 8.78 Å². The first-order valence-corrected chi connectivity index (χ1v) is 7.88. The third-order valence-corrected chi connectivity index (χ3v) is 4.51. The van der Waals surface area contributed by atoms with Gasteiger partial charge < -0.3 is 10.1 Å². The molecule has 128 valence electrons. The number of amides is 1. The Bertz CT molecular complexity index is 505. The molecule has 2 aliphatic rings. The van der Waals surface area contributed by atoms with Gasteiger partial charge in [0.1, 0.15) is 0 Å². The van der Waals surface area contributed by atoms with E-state index in [4.69, 9.17) is 4.74 Å². The number of likely N-dealkylation sites (tertiary alicyclic amines) is 1. The van der Waals surface area contributed by atoms with Gasteiger partial charge in [-0.3, -0.25) is 9.69 Å². The molecule has 0 radical (unpaired) electrons. The standard InChI is InChI=1S/C14H21F2N5O2/c15-13(16)7-20-4-1-10(2-5-20)14(22)18-11-8-23-9-12(11)21-6-3-17-19-21/h3,6,10-13H,1-2,4-5,7-9H2,(H,18,22)/t11-,12+/m0/s1. The van der Waals surface area contributed by atoms with Crippen LogP contribution in [0.3, 0.4) is 0 Å². The Labute approximate surface area is 133 Å². The largest absolute Gasteiger partial charge is 0.377 e. The molecular weight excluding hydrogens is 308 g/mol. The molecule has 0 aliphatic carbocycles. The van der Waals surface area contributed by atoms with E-state index in [-0.39, 0.29) is 30.5 Å². The fourth-order valence-corrected chi connectivity index (χ4v) is 3.21. The van der Waals surface area contributed by atoms with Crippen molar-refractivity contribution in [1.29, 1.82) is 0 Å². The molecule has 2 aliphatic heterocycles. The van der Waals surface area contributed by atoms with E-state index in [1.165, 1.54) is 0 Å². The topological polar surface area (TPSA) is 72.3 Å². The Balaban J connectivity index is 1.50. The Morgan fingerprint density at radius 2 is 2.13 bits per heavy atom. The number of carbonyl (C=O) groups is 1. The minimum atomic E-state index is -2.32. The number of nitrogens with zero attached hydrogens (tertiary/aromatic N) is 4. The van der Waals surface area contributed by atoms with Gasteiger partial charge in [-0.1, -0.05) is 5.21 Å². The van der Waals surface area contributed by atoms with Crippen molar-refractivity contribution in [3.05, 3.63) is 12.4 Å². The van der Waals surface area contributed by atoms with E-state index in [0.29, 0.717) is 39.1 Å². The van der Waals surface area contributed by atoms with Crippen LogP contribution in [-0.4, -0.2) is 71.1 Å². The summed E-state index contributed by atoms with van der Waals surface area (Å²) in [6.45, 7) is 1.80. The van der Waals surface area contributed by atoms with E-state index in [1.807, 2.05) is 0 Å². The molecule has 0 spiro atoms. The fraction of sp³-hybridized carbons (Fsp3) is 0.786. The maximum atomic E-state index is 12.4. The predicted octanol–water partition coefficient (Wildman–Crippen LogP) is 0.311. The lowest BCUT2D eigenvalue weighted by Crippen LogP contribution is -2.47. The summed E-state index contributed by atoms with van der Waals surface area (Å²) in [5.41, 5.74) is 0. The molecule has 1 amide bonds. The van der Waals surface area contributed by atoms with Gasteiger partial charge in [0.05, 0.1) is 38.0 Å². The molecule has 2 saturated heterocycles. The van der Waals surface area contributed by atoms with Crippen molar-refractivity contribution < 1.29 is 18.3 Å². The van der Waals surface area contributed by atoms with Crippen molar-refractivity contribution in [3.8, 4) is 0 Å². The fourth-order valence-electron chi connectivity index (χ4n) is 3.21. The number of piperidine rings is 1. The van der Waals surface area contributed by atoms with Crippen LogP contribution in [0.2, 0.25) is 0 Å². The van der Waals surface area contributed by atoms with Crippen LogP contribution in [0.25, 0.3) is 0 Å². The highest BCUT2D eigenvalue weighted by atomic mass is 19.3. The maximum Gasteiger partial charge on any atom is 0.251 e. The predicted molar refractivity (Wildman–Crippen MR) is 77.0 cm³/mol. The Hall–Kier alpha value is -1.61. The molecule has 23 heavy (non-hydrogen) atoms. The Morgan fingerprint density at radius 3 is 2.78 bits per heavy atom. The van der Waals surface area contributed by atoms with E-state index in [9.17, 15) is 13.6 Å². The number of ether oxygens (including phenoxy) is 1. The summed E-state index contributed by atoms with van der Waals surface area (Å²) < 4.78 is 31.9. The van der Waals surface area contributed by atoms with Gasteiger partial charge in [0.2, 0.25) is 5.91 Å². The molecule has 9 heteroatoms. The Kier molecular flexibility index (Phi) is 5.16. The summed E-state index contributed by atoms with van der Waals surface area (Å²) in [5, 5.41) is 10.8. The second kappa shape index (κ2) is 7.31. The number of nitrogens with one attached hydrogen (secondary N) is 1. The summed E-state index contributed by atoms with van der Waals surface area (Å²) in [6, 6.07) is -0.191. The van der Waals surface area contributed by atoms with E-state index in [1.54, 1.807) is 22.0 Å². The second-order valence-electron chi connectivity index (χ2n) is 6.07. The lowest BCUT2D eigenvalue weighted by molar-refractivity contribution is -0.127. The molecule has 3 rings (SSSR count). The van der Waals surface area contributed by atoms with Crippen LogP contribution in [0.1, 0.15) is 18.9 Å². The number of hydrogen-bond acceptors (Lipinski definition) is 5. The molecule has 1 N–H and O–H groups in total. The van der Waals surface area contributed by atoms with E-state index in [0.717, 1.165) is 0 Å². The molecule has 7 nitrogen and oxygen atoms in total.